The molecule has 0 spiro atoms. The Balaban J connectivity index is 2.45. The van der Waals surface area contributed by atoms with E-state index in [1.54, 1.807) is 6.92 Å². The lowest BCUT2D eigenvalue weighted by molar-refractivity contribution is 0.424. The summed E-state index contributed by atoms with van der Waals surface area (Å²) in [7, 11) is 0. The van der Waals surface area contributed by atoms with Crippen LogP contribution in [-0.4, -0.2) is 15.1 Å². The molecule has 0 atom stereocenters. The molecule has 0 aliphatic carbocycles. The van der Waals surface area contributed by atoms with Crippen LogP contribution in [0.1, 0.15) is 5.82 Å². The van der Waals surface area contributed by atoms with Crippen molar-refractivity contribution in [1.82, 2.24) is 15.1 Å². The second-order valence-corrected chi connectivity index (χ2v) is 2.02. The van der Waals surface area contributed by atoms with Crippen LogP contribution in [0, 0.1) is 6.92 Å². The van der Waals surface area contributed by atoms with E-state index >= 15 is 0 Å². The lowest BCUT2D eigenvalue weighted by Crippen LogP contribution is -1.75. The molecule has 0 saturated carbocycles. The number of aryl methyl sites for hydroxylation is 1. The fourth-order valence-electron chi connectivity index (χ4n) is 0.719. The first-order chi connectivity index (χ1) is 5.36. The van der Waals surface area contributed by atoms with Gasteiger partial charge in [-0.15, -0.1) is 0 Å². The summed E-state index contributed by atoms with van der Waals surface area (Å²) in [5, 5.41) is 3.60. The average molecular weight is 151 g/mol. The predicted molar refractivity (Wildman–Crippen MR) is 34.5 cm³/mol. The molecule has 2 aromatic rings. The van der Waals surface area contributed by atoms with Gasteiger partial charge in [-0.1, -0.05) is 5.16 Å². The van der Waals surface area contributed by atoms with E-state index in [1.165, 1.54) is 12.7 Å². The van der Waals surface area contributed by atoms with E-state index in [2.05, 4.69) is 15.1 Å². The summed E-state index contributed by atoms with van der Waals surface area (Å²) in [5.41, 5.74) is 0.561. The third-order valence-electron chi connectivity index (χ3n) is 1.18. The van der Waals surface area contributed by atoms with Crippen LogP contribution in [0.4, 0.5) is 0 Å². The monoisotopic (exact) mass is 151 g/mol. The molecule has 0 N–H and O–H groups in total. The van der Waals surface area contributed by atoms with E-state index in [1.807, 2.05) is 0 Å². The van der Waals surface area contributed by atoms with E-state index in [4.69, 9.17) is 8.94 Å². The van der Waals surface area contributed by atoms with Crippen LogP contribution in [-0.2, 0) is 0 Å². The number of hydrogen-bond donors (Lipinski definition) is 0. The molecule has 0 aromatic carbocycles. The van der Waals surface area contributed by atoms with Gasteiger partial charge in [0, 0.05) is 0 Å². The number of aromatic nitrogens is 3. The number of oxazole rings is 1. The first-order valence-electron chi connectivity index (χ1n) is 3.05. The van der Waals surface area contributed by atoms with Crippen molar-refractivity contribution in [3.8, 4) is 11.6 Å². The van der Waals surface area contributed by atoms with Gasteiger partial charge in [0.15, 0.2) is 17.9 Å². The molecular weight excluding hydrogens is 146 g/mol. The highest BCUT2D eigenvalue weighted by molar-refractivity contribution is 5.42. The zero-order chi connectivity index (χ0) is 7.68. The SMILES string of the molecule is Cc1noc(-c2cocn2)n1. The highest BCUT2D eigenvalue weighted by atomic mass is 16.5. The Morgan fingerprint density at radius 2 is 2.36 bits per heavy atom. The van der Waals surface area contributed by atoms with Gasteiger partial charge in [-0.25, -0.2) is 4.98 Å². The van der Waals surface area contributed by atoms with Crippen molar-refractivity contribution in [3.63, 3.8) is 0 Å². The summed E-state index contributed by atoms with van der Waals surface area (Å²) in [6.45, 7) is 1.74. The van der Waals surface area contributed by atoms with Gasteiger partial charge >= 0.3 is 0 Å². The van der Waals surface area contributed by atoms with Gasteiger partial charge in [0.2, 0.25) is 0 Å². The van der Waals surface area contributed by atoms with Crippen molar-refractivity contribution in [3.05, 3.63) is 18.5 Å². The molecule has 0 aliphatic rings. The Hall–Kier alpha value is -1.65. The maximum absolute atomic E-state index is 4.83. The van der Waals surface area contributed by atoms with Crippen molar-refractivity contribution in [2.75, 3.05) is 0 Å². The van der Waals surface area contributed by atoms with Crippen LogP contribution in [0.15, 0.2) is 21.6 Å². The van der Waals surface area contributed by atoms with Crippen molar-refractivity contribution in [2.24, 2.45) is 0 Å². The van der Waals surface area contributed by atoms with Crippen LogP contribution >= 0.6 is 0 Å². The van der Waals surface area contributed by atoms with Gasteiger partial charge in [0.25, 0.3) is 5.89 Å². The molecule has 0 unspecified atom stereocenters. The first kappa shape index (κ1) is 6.09. The minimum Gasteiger partial charge on any atom is -0.451 e. The average Bonchev–Trinajstić information content (AvgIpc) is 2.55. The van der Waals surface area contributed by atoms with Gasteiger partial charge in [0.1, 0.15) is 6.26 Å². The zero-order valence-corrected chi connectivity index (χ0v) is 5.81. The molecule has 0 radical (unpaired) electrons. The van der Waals surface area contributed by atoms with Crippen LogP contribution < -0.4 is 0 Å². The molecule has 5 nitrogen and oxygen atoms in total. The van der Waals surface area contributed by atoms with Gasteiger partial charge < -0.3 is 8.94 Å². The molecule has 0 fully saturated rings. The van der Waals surface area contributed by atoms with Crippen molar-refractivity contribution in [2.45, 2.75) is 6.92 Å². The Morgan fingerprint density at radius 3 is 2.91 bits per heavy atom. The van der Waals surface area contributed by atoms with Crippen LogP contribution in [0.3, 0.4) is 0 Å². The van der Waals surface area contributed by atoms with E-state index in [9.17, 15) is 0 Å². The molecule has 56 valence electrons. The van der Waals surface area contributed by atoms with E-state index in [0.29, 0.717) is 17.4 Å². The van der Waals surface area contributed by atoms with Crippen molar-refractivity contribution >= 4 is 0 Å². The third kappa shape index (κ3) is 1.000. The molecule has 0 amide bonds. The van der Waals surface area contributed by atoms with Crippen molar-refractivity contribution in [1.29, 1.82) is 0 Å². The molecule has 5 heteroatoms. The Bertz CT molecular complexity index is 338. The lowest BCUT2D eigenvalue weighted by atomic mass is 10.5. The highest BCUT2D eigenvalue weighted by Crippen LogP contribution is 2.12. The molecule has 2 aromatic heterocycles. The van der Waals surface area contributed by atoms with Crippen molar-refractivity contribution < 1.29 is 8.94 Å². The van der Waals surface area contributed by atoms with Crippen LogP contribution in [0.2, 0.25) is 0 Å². The van der Waals surface area contributed by atoms with Gasteiger partial charge in [-0.2, -0.15) is 4.98 Å². The van der Waals surface area contributed by atoms with E-state index in [0.717, 1.165) is 0 Å². The Kier molecular flexibility index (Phi) is 1.21. The number of nitrogens with zero attached hydrogens (tertiary/aromatic N) is 3. The fourth-order valence-corrected chi connectivity index (χ4v) is 0.719. The topological polar surface area (TPSA) is 65.0 Å². The lowest BCUT2D eigenvalue weighted by Gasteiger charge is -1.78. The summed E-state index contributed by atoms with van der Waals surface area (Å²) in [5.74, 6) is 0.972. The van der Waals surface area contributed by atoms with Gasteiger partial charge in [-0.05, 0) is 6.92 Å². The molecule has 2 heterocycles. The Morgan fingerprint density at radius 1 is 1.45 bits per heavy atom. The molecule has 2 rings (SSSR count). The van der Waals surface area contributed by atoms with Crippen LogP contribution in [0.25, 0.3) is 11.6 Å². The predicted octanol–water partition coefficient (Wildman–Crippen LogP) is 1.03. The fraction of sp³-hybridized carbons (Fsp3) is 0.167. The first-order valence-corrected chi connectivity index (χ1v) is 3.05. The number of hydrogen-bond acceptors (Lipinski definition) is 5. The Labute approximate surface area is 62.1 Å². The summed E-state index contributed by atoms with van der Waals surface area (Å²) >= 11 is 0. The molecule has 11 heavy (non-hydrogen) atoms. The normalized spacial score (nSPS) is 10.3. The smallest absolute Gasteiger partial charge is 0.279 e. The van der Waals surface area contributed by atoms with Crippen LogP contribution in [0.5, 0.6) is 0 Å². The largest absolute Gasteiger partial charge is 0.451 e. The minimum absolute atomic E-state index is 0.385. The van der Waals surface area contributed by atoms with Gasteiger partial charge in [-0.3, -0.25) is 0 Å². The van der Waals surface area contributed by atoms with Gasteiger partial charge in [0.05, 0.1) is 0 Å². The zero-order valence-electron chi connectivity index (χ0n) is 5.81. The number of rotatable bonds is 1. The molecule has 0 bridgehead atoms. The molecule has 0 aliphatic heterocycles. The summed E-state index contributed by atoms with van der Waals surface area (Å²) in [6, 6.07) is 0. The standard InChI is InChI=1S/C6H5N3O2/c1-4-8-6(11-9-4)5-2-10-3-7-5/h2-3H,1H3. The van der Waals surface area contributed by atoms with E-state index in [-0.39, 0.29) is 0 Å². The second-order valence-electron chi connectivity index (χ2n) is 2.02. The summed E-state index contributed by atoms with van der Waals surface area (Å²) in [4.78, 5) is 7.79. The molecule has 0 saturated heterocycles. The second kappa shape index (κ2) is 2.19. The maximum atomic E-state index is 4.83. The highest BCUT2D eigenvalue weighted by Gasteiger charge is 2.07. The third-order valence-corrected chi connectivity index (χ3v) is 1.18. The van der Waals surface area contributed by atoms with E-state index < -0.39 is 0 Å². The molecular formula is C6H5N3O2. The minimum atomic E-state index is 0.385. The summed E-state index contributed by atoms with van der Waals surface area (Å²) < 4.78 is 9.56. The maximum Gasteiger partial charge on any atom is 0.279 e. The quantitative estimate of drug-likeness (QED) is 0.609. The summed E-state index contributed by atoms with van der Waals surface area (Å²) in [6.07, 6.45) is 2.77.